The molecule has 0 aliphatic heterocycles. The molecule has 0 saturated heterocycles. The van der Waals surface area contributed by atoms with Crippen molar-refractivity contribution in [3.63, 3.8) is 0 Å². The molecule has 0 atom stereocenters. The smallest absolute Gasteiger partial charge is 0.307 e. The summed E-state index contributed by atoms with van der Waals surface area (Å²) in [6, 6.07) is 13.3. The fraction of sp³-hybridized carbons (Fsp3) is 0.333. The molecule has 3 rings (SSSR count). The third kappa shape index (κ3) is 6.17. The van der Waals surface area contributed by atoms with Crippen LogP contribution in [0.5, 0.6) is 0 Å². The Kier molecular flexibility index (Phi) is 8.23. The van der Waals surface area contributed by atoms with Gasteiger partial charge in [0, 0.05) is 30.7 Å². The van der Waals surface area contributed by atoms with Gasteiger partial charge in [-0.05, 0) is 65.9 Å². The summed E-state index contributed by atoms with van der Waals surface area (Å²) in [6.07, 6.45) is 0.804. The summed E-state index contributed by atoms with van der Waals surface area (Å²) in [7, 11) is 1.65. The lowest BCUT2D eigenvalue weighted by Gasteiger charge is -2.16. The first-order chi connectivity index (χ1) is 15.0. The number of carboxylic acids is 1. The number of methoxy groups -OCH3 is 1. The van der Waals surface area contributed by atoms with E-state index < -0.39 is 5.97 Å². The van der Waals surface area contributed by atoms with E-state index >= 15 is 0 Å². The van der Waals surface area contributed by atoms with Gasteiger partial charge in [-0.2, -0.15) is 0 Å². The number of rotatable bonds is 11. The van der Waals surface area contributed by atoms with Crippen LogP contribution in [-0.2, 0) is 20.7 Å². The summed E-state index contributed by atoms with van der Waals surface area (Å²) < 4.78 is 10.4. The first-order valence-electron chi connectivity index (χ1n) is 10.2. The van der Waals surface area contributed by atoms with Crippen LogP contribution in [0.4, 0.5) is 5.82 Å². The second kappa shape index (κ2) is 11.1. The molecule has 0 radical (unpaired) electrons. The number of aromatic nitrogens is 1. The summed E-state index contributed by atoms with van der Waals surface area (Å²) in [5.41, 5.74) is 4.32. The van der Waals surface area contributed by atoms with Crippen LogP contribution in [0.15, 0.2) is 42.5 Å². The second-order valence-electron chi connectivity index (χ2n) is 7.27. The van der Waals surface area contributed by atoms with Crippen molar-refractivity contribution in [2.24, 2.45) is 0 Å². The number of halogens is 1. The lowest BCUT2D eigenvalue weighted by molar-refractivity contribution is -0.136. The van der Waals surface area contributed by atoms with Crippen LogP contribution in [0.25, 0.3) is 22.0 Å². The minimum Gasteiger partial charge on any atom is -0.481 e. The minimum atomic E-state index is -0.864. The van der Waals surface area contributed by atoms with Gasteiger partial charge >= 0.3 is 5.97 Å². The molecule has 0 fully saturated rings. The highest BCUT2D eigenvalue weighted by Gasteiger charge is 2.17. The summed E-state index contributed by atoms with van der Waals surface area (Å²) in [5.74, 6) is -0.0894. The Morgan fingerprint density at radius 3 is 2.61 bits per heavy atom. The number of hydrogen-bond acceptors (Lipinski definition) is 5. The number of aliphatic carboxylic acids is 1. The highest BCUT2D eigenvalue weighted by Crippen LogP contribution is 2.35. The van der Waals surface area contributed by atoms with Crippen molar-refractivity contribution in [3.05, 3.63) is 58.6 Å². The Morgan fingerprint density at radius 2 is 1.90 bits per heavy atom. The Hall–Kier alpha value is -2.67. The zero-order valence-electron chi connectivity index (χ0n) is 17.8. The number of hydrogen-bond donors (Lipinski definition) is 2. The van der Waals surface area contributed by atoms with E-state index in [1.165, 1.54) is 0 Å². The molecule has 0 aliphatic carbocycles. The van der Waals surface area contributed by atoms with Crippen molar-refractivity contribution >= 4 is 34.3 Å². The van der Waals surface area contributed by atoms with Gasteiger partial charge in [0.1, 0.15) is 5.82 Å². The van der Waals surface area contributed by atoms with Gasteiger partial charge in [-0.1, -0.05) is 23.7 Å². The Bertz CT molecular complexity index is 1040. The number of anilines is 1. The molecule has 2 N–H and O–H groups in total. The maximum absolute atomic E-state index is 11.5. The van der Waals surface area contributed by atoms with Gasteiger partial charge in [0.25, 0.3) is 0 Å². The maximum atomic E-state index is 11.5. The molecule has 2 aromatic carbocycles. The first kappa shape index (κ1) is 23.0. The minimum absolute atomic E-state index is 0.0528. The van der Waals surface area contributed by atoms with Crippen molar-refractivity contribution < 1.29 is 19.4 Å². The zero-order chi connectivity index (χ0) is 22.2. The molecule has 1 heterocycles. The largest absolute Gasteiger partial charge is 0.481 e. The number of carboxylic acid groups (broad SMARTS) is 1. The maximum Gasteiger partial charge on any atom is 0.307 e. The topological polar surface area (TPSA) is 80.7 Å². The number of ether oxygens (including phenoxy) is 2. The SMILES string of the molecule is COCCOCCCNc1ccc2c(-c3ccc(Cl)cc3)c(CC(=O)O)c(C)cc2n1. The fourth-order valence-corrected chi connectivity index (χ4v) is 3.63. The molecular formula is C24H27ClN2O4. The molecule has 3 aromatic rings. The lowest BCUT2D eigenvalue weighted by Crippen LogP contribution is -2.09. The van der Waals surface area contributed by atoms with Gasteiger partial charge < -0.3 is 19.9 Å². The van der Waals surface area contributed by atoms with Crippen LogP contribution in [0.2, 0.25) is 5.02 Å². The predicted molar refractivity (Wildman–Crippen MR) is 124 cm³/mol. The number of nitrogens with one attached hydrogen (secondary N) is 1. The number of carbonyl (C=O) groups is 1. The summed E-state index contributed by atoms with van der Waals surface area (Å²) in [6.45, 7) is 4.51. The Labute approximate surface area is 187 Å². The van der Waals surface area contributed by atoms with E-state index in [2.05, 4.69) is 5.32 Å². The summed E-state index contributed by atoms with van der Waals surface area (Å²) in [5, 5.41) is 14.3. The van der Waals surface area contributed by atoms with E-state index in [0.717, 1.165) is 51.9 Å². The highest BCUT2D eigenvalue weighted by molar-refractivity contribution is 6.30. The number of pyridine rings is 1. The van der Waals surface area contributed by atoms with Gasteiger partial charge in [0.2, 0.25) is 0 Å². The van der Waals surface area contributed by atoms with Gasteiger partial charge in [0.05, 0.1) is 25.2 Å². The van der Waals surface area contributed by atoms with Crippen LogP contribution >= 0.6 is 11.6 Å². The van der Waals surface area contributed by atoms with Gasteiger partial charge in [0.15, 0.2) is 0 Å². The molecule has 0 amide bonds. The third-order valence-corrected chi connectivity index (χ3v) is 5.24. The summed E-state index contributed by atoms with van der Waals surface area (Å²) >= 11 is 6.06. The Balaban J connectivity index is 1.87. The quantitative estimate of drug-likeness (QED) is 0.409. The molecular weight excluding hydrogens is 416 g/mol. The van der Waals surface area contributed by atoms with Crippen LogP contribution in [0.1, 0.15) is 17.5 Å². The average molecular weight is 443 g/mol. The van der Waals surface area contributed by atoms with Crippen LogP contribution < -0.4 is 5.32 Å². The molecule has 31 heavy (non-hydrogen) atoms. The second-order valence-corrected chi connectivity index (χ2v) is 7.71. The van der Waals surface area contributed by atoms with E-state index in [1.807, 2.05) is 49.4 Å². The van der Waals surface area contributed by atoms with E-state index in [1.54, 1.807) is 7.11 Å². The van der Waals surface area contributed by atoms with E-state index in [9.17, 15) is 9.90 Å². The Morgan fingerprint density at radius 1 is 1.13 bits per heavy atom. The number of aryl methyl sites for hydroxylation is 1. The molecule has 0 spiro atoms. The van der Waals surface area contributed by atoms with Gasteiger partial charge in [-0.3, -0.25) is 4.79 Å². The van der Waals surface area contributed by atoms with Crippen molar-refractivity contribution in [2.45, 2.75) is 19.8 Å². The van der Waals surface area contributed by atoms with Gasteiger partial charge in [-0.15, -0.1) is 0 Å². The molecule has 0 aliphatic rings. The molecule has 0 saturated carbocycles. The van der Waals surface area contributed by atoms with Crippen molar-refractivity contribution in [3.8, 4) is 11.1 Å². The lowest BCUT2D eigenvalue weighted by atomic mass is 9.90. The molecule has 1 aromatic heterocycles. The van der Waals surface area contributed by atoms with Crippen LogP contribution in [0.3, 0.4) is 0 Å². The standard InChI is InChI=1S/C24H27ClN2O4/c1-16-14-21-19(8-9-22(27-21)26-10-3-11-31-13-12-30-2)24(20(16)15-23(28)29)17-4-6-18(25)7-5-17/h4-9,14H,3,10-13,15H2,1-2H3,(H,26,27)(H,28,29). The van der Waals surface area contributed by atoms with Crippen molar-refractivity contribution in [2.75, 3.05) is 38.8 Å². The molecule has 164 valence electrons. The summed E-state index contributed by atoms with van der Waals surface area (Å²) in [4.78, 5) is 16.3. The fourth-order valence-electron chi connectivity index (χ4n) is 3.51. The number of fused-ring (bicyclic) bond motifs is 1. The van der Waals surface area contributed by atoms with Crippen LogP contribution in [0, 0.1) is 6.92 Å². The molecule has 0 unspecified atom stereocenters. The van der Waals surface area contributed by atoms with E-state index in [-0.39, 0.29) is 6.42 Å². The van der Waals surface area contributed by atoms with E-state index in [4.69, 9.17) is 26.1 Å². The average Bonchev–Trinajstić information content (AvgIpc) is 2.74. The predicted octanol–water partition coefficient (Wildman–Crippen LogP) is 4.96. The molecule has 6 nitrogen and oxygen atoms in total. The number of benzene rings is 2. The molecule has 7 heteroatoms. The zero-order valence-corrected chi connectivity index (χ0v) is 18.5. The first-order valence-corrected chi connectivity index (χ1v) is 10.6. The highest BCUT2D eigenvalue weighted by atomic mass is 35.5. The van der Waals surface area contributed by atoms with Crippen molar-refractivity contribution in [1.29, 1.82) is 0 Å². The normalized spacial score (nSPS) is 11.1. The van der Waals surface area contributed by atoms with Crippen molar-refractivity contribution in [1.82, 2.24) is 4.98 Å². The van der Waals surface area contributed by atoms with E-state index in [0.29, 0.717) is 24.8 Å². The molecule has 0 bridgehead atoms. The third-order valence-electron chi connectivity index (χ3n) is 4.99. The monoisotopic (exact) mass is 442 g/mol. The van der Waals surface area contributed by atoms with Crippen LogP contribution in [-0.4, -0.2) is 49.5 Å². The number of nitrogens with zero attached hydrogens (tertiary/aromatic N) is 1. The van der Waals surface area contributed by atoms with Gasteiger partial charge in [-0.25, -0.2) is 4.98 Å².